The predicted octanol–water partition coefficient (Wildman–Crippen LogP) is 2.63. The summed E-state index contributed by atoms with van der Waals surface area (Å²) in [5, 5.41) is 0. The fourth-order valence-electron chi connectivity index (χ4n) is 3.43. The van der Waals surface area contributed by atoms with Gasteiger partial charge in [0.2, 0.25) is 5.60 Å². The van der Waals surface area contributed by atoms with Crippen molar-refractivity contribution in [2.75, 3.05) is 13.2 Å². The Kier molecular flexibility index (Phi) is 4.48. The summed E-state index contributed by atoms with van der Waals surface area (Å²) in [5.41, 5.74) is -3.08. The molecule has 136 valence electrons. The van der Waals surface area contributed by atoms with Crippen LogP contribution in [0.3, 0.4) is 0 Å². The maximum Gasteiger partial charge on any atom is 0.351 e. The molecule has 2 atom stereocenters. The molecule has 2 rings (SSSR count). The molecule has 0 amide bonds. The molecule has 2 fully saturated rings. The summed E-state index contributed by atoms with van der Waals surface area (Å²) < 4.78 is 15.9. The predicted molar refractivity (Wildman–Crippen MR) is 85.9 cm³/mol. The normalized spacial score (nSPS) is 30.8. The number of hydrogen-bond donors (Lipinski definition) is 0. The van der Waals surface area contributed by atoms with E-state index in [1.165, 1.54) is 0 Å². The molecule has 1 saturated heterocycles. The van der Waals surface area contributed by atoms with Crippen LogP contribution >= 0.6 is 0 Å². The number of ether oxygens (including phenoxy) is 3. The van der Waals surface area contributed by atoms with Gasteiger partial charge >= 0.3 is 17.9 Å². The molecule has 6 heteroatoms. The molecule has 2 aliphatic rings. The Morgan fingerprint density at radius 1 is 1.12 bits per heavy atom. The Morgan fingerprint density at radius 2 is 1.71 bits per heavy atom. The van der Waals surface area contributed by atoms with E-state index in [1.807, 2.05) is 27.7 Å². The quantitative estimate of drug-likeness (QED) is 0.420. The van der Waals surface area contributed by atoms with Crippen molar-refractivity contribution in [3.05, 3.63) is 0 Å². The molecule has 1 aliphatic heterocycles. The molecule has 24 heavy (non-hydrogen) atoms. The lowest BCUT2D eigenvalue weighted by Gasteiger charge is -2.34. The van der Waals surface area contributed by atoms with Gasteiger partial charge in [0.15, 0.2) is 0 Å². The second kappa shape index (κ2) is 5.74. The molecule has 0 radical (unpaired) electrons. The average Bonchev–Trinajstić information content (AvgIpc) is 2.81. The highest BCUT2D eigenvalue weighted by molar-refractivity contribution is 5.93. The van der Waals surface area contributed by atoms with Gasteiger partial charge in [0.25, 0.3) is 0 Å². The van der Waals surface area contributed by atoms with E-state index in [0.717, 1.165) is 0 Å². The van der Waals surface area contributed by atoms with Crippen LogP contribution in [0.1, 0.15) is 60.8 Å². The number of carbonyl (C=O) groups excluding carboxylic acids is 3. The number of rotatable bonds is 6. The fourth-order valence-corrected chi connectivity index (χ4v) is 3.43. The van der Waals surface area contributed by atoms with Crippen molar-refractivity contribution in [3.63, 3.8) is 0 Å². The van der Waals surface area contributed by atoms with Gasteiger partial charge in [-0.1, -0.05) is 20.8 Å². The molecular weight excluding hydrogens is 312 g/mol. The summed E-state index contributed by atoms with van der Waals surface area (Å²) in [6.07, 6.45) is 1.73. The van der Waals surface area contributed by atoms with Crippen LogP contribution in [0, 0.1) is 16.2 Å². The zero-order chi connectivity index (χ0) is 18.4. The average molecular weight is 340 g/mol. The second-order valence-corrected chi connectivity index (χ2v) is 8.18. The molecule has 0 spiro atoms. The first-order valence-electron chi connectivity index (χ1n) is 8.52. The standard InChI is InChI=1S/C18H28O6/c1-7-15(2,3)12(19)22-10-11-23-14(21)18-9-8-17(6,13(20)24-18)16(18,4)5/h7-11H2,1-6H3. The highest BCUT2D eigenvalue weighted by Gasteiger charge is 2.76. The summed E-state index contributed by atoms with van der Waals surface area (Å²) in [6.45, 7) is 11.1. The summed E-state index contributed by atoms with van der Waals surface area (Å²) in [4.78, 5) is 36.6. The maximum atomic E-state index is 12.6. The van der Waals surface area contributed by atoms with Crippen molar-refractivity contribution < 1.29 is 28.6 Å². The molecule has 6 nitrogen and oxygen atoms in total. The van der Waals surface area contributed by atoms with Crippen molar-refractivity contribution in [2.45, 2.75) is 66.4 Å². The van der Waals surface area contributed by atoms with Gasteiger partial charge < -0.3 is 14.2 Å². The minimum Gasteiger partial charge on any atom is -0.462 e. The van der Waals surface area contributed by atoms with Crippen LogP contribution in [0.15, 0.2) is 0 Å². The van der Waals surface area contributed by atoms with E-state index in [4.69, 9.17) is 14.2 Å². The van der Waals surface area contributed by atoms with Gasteiger partial charge in [-0.25, -0.2) is 4.79 Å². The van der Waals surface area contributed by atoms with Crippen LogP contribution in [0.2, 0.25) is 0 Å². The third-order valence-electron chi connectivity index (χ3n) is 6.40. The highest BCUT2D eigenvalue weighted by Crippen LogP contribution is 2.65. The minimum atomic E-state index is -1.23. The molecule has 1 aliphatic carbocycles. The van der Waals surface area contributed by atoms with E-state index in [0.29, 0.717) is 19.3 Å². The number of carbonyl (C=O) groups is 3. The molecule has 1 saturated carbocycles. The Hall–Kier alpha value is -1.59. The Morgan fingerprint density at radius 3 is 2.17 bits per heavy atom. The van der Waals surface area contributed by atoms with Gasteiger partial charge in [-0.05, 0) is 40.0 Å². The van der Waals surface area contributed by atoms with Crippen molar-refractivity contribution >= 4 is 17.9 Å². The summed E-state index contributed by atoms with van der Waals surface area (Å²) in [6, 6.07) is 0. The molecular formula is C18H28O6. The number of esters is 3. The lowest BCUT2D eigenvalue weighted by atomic mass is 9.66. The van der Waals surface area contributed by atoms with Crippen molar-refractivity contribution in [2.24, 2.45) is 16.2 Å². The van der Waals surface area contributed by atoms with E-state index >= 15 is 0 Å². The van der Waals surface area contributed by atoms with E-state index < -0.39 is 27.8 Å². The number of fused-ring (bicyclic) bond motifs is 2. The first kappa shape index (κ1) is 18.7. The van der Waals surface area contributed by atoms with Crippen LogP contribution in [0.25, 0.3) is 0 Å². The van der Waals surface area contributed by atoms with Gasteiger partial charge in [0.1, 0.15) is 13.2 Å². The van der Waals surface area contributed by atoms with E-state index in [-0.39, 0.29) is 25.2 Å². The number of hydrogen-bond acceptors (Lipinski definition) is 6. The van der Waals surface area contributed by atoms with Gasteiger partial charge in [-0.3, -0.25) is 9.59 Å². The zero-order valence-corrected chi connectivity index (χ0v) is 15.5. The van der Waals surface area contributed by atoms with E-state index in [2.05, 4.69) is 0 Å². The Bertz CT molecular complexity index is 564. The largest absolute Gasteiger partial charge is 0.462 e. The Labute approximate surface area is 143 Å². The van der Waals surface area contributed by atoms with Crippen molar-refractivity contribution in [1.82, 2.24) is 0 Å². The van der Waals surface area contributed by atoms with Crippen molar-refractivity contribution in [1.29, 1.82) is 0 Å². The SMILES string of the molecule is CCC(C)(C)C(=O)OCCOC(=O)C12CCC(C)(C(=O)O1)C2(C)C. The molecule has 2 bridgehead atoms. The minimum absolute atomic E-state index is 0.00424. The lowest BCUT2D eigenvalue weighted by Crippen LogP contribution is -2.49. The molecule has 2 unspecified atom stereocenters. The third kappa shape index (κ3) is 2.42. The van der Waals surface area contributed by atoms with Gasteiger partial charge in [-0.15, -0.1) is 0 Å². The molecule has 1 heterocycles. The molecule has 0 aromatic heterocycles. The zero-order valence-electron chi connectivity index (χ0n) is 15.5. The van der Waals surface area contributed by atoms with Crippen LogP contribution in [0.5, 0.6) is 0 Å². The van der Waals surface area contributed by atoms with E-state index in [9.17, 15) is 14.4 Å². The van der Waals surface area contributed by atoms with Gasteiger partial charge in [0.05, 0.1) is 10.8 Å². The first-order valence-corrected chi connectivity index (χ1v) is 8.52. The highest BCUT2D eigenvalue weighted by atomic mass is 16.6. The van der Waals surface area contributed by atoms with Gasteiger partial charge in [0, 0.05) is 5.41 Å². The maximum absolute atomic E-state index is 12.6. The lowest BCUT2D eigenvalue weighted by molar-refractivity contribution is -0.184. The Balaban J connectivity index is 1.93. The summed E-state index contributed by atoms with van der Waals surface area (Å²) >= 11 is 0. The smallest absolute Gasteiger partial charge is 0.351 e. The topological polar surface area (TPSA) is 78.9 Å². The molecule has 0 aromatic rings. The molecule has 0 N–H and O–H groups in total. The summed E-state index contributed by atoms with van der Waals surface area (Å²) in [7, 11) is 0. The van der Waals surface area contributed by atoms with E-state index in [1.54, 1.807) is 13.8 Å². The van der Waals surface area contributed by atoms with Crippen LogP contribution in [-0.2, 0) is 28.6 Å². The fraction of sp³-hybridized carbons (Fsp3) is 0.833. The molecule has 0 aromatic carbocycles. The first-order chi connectivity index (χ1) is 10.9. The van der Waals surface area contributed by atoms with Gasteiger partial charge in [-0.2, -0.15) is 0 Å². The summed E-state index contributed by atoms with van der Waals surface area (Å²) in [5.74, 6) is -1.21. The third-order valence-corrected chi connectivity index (χ3v) is 6.40. The van der Waals surface area contributed by atoms with Crippen molar-refractivity contribution in [3.8, 4) is 0 Å². The van der Waals surface area contributed by atoms with Crippen LogP contribution < -0.4 is 0 Å². The monoisotopic (exact) mass is 340 g/mol. The van der Waals surface area contributed by atoms with Crippen LogP contribution in [0.4, 0.5) is 0 Å². The second-order valence-electron chi connectivity index (χ2n) is 8.18. The van der Waals surface area contributed by atoms with Crippen LogP contribution in [-0.4, -0.2) is 36.7 Å².